The summed E-state index contributed by atoms with van der Waals surface area (Å²) in [6.45, 7) is 17.4. The van der Waals surface area contributed by atoms with Gasteiger partial charge in [-0.15, -0.1) is 6.58 Å². The van der Waals surface area contributed by atoms with Gasteiger partial charge < -0.3 is 43.6 Å². The summed E-state index contributed by atoms with van der Waals surface area (Å²) in [5, 5.41) is 25.0. The van der Waals surface area contributed by atoms with Crippen LogP contribution in [0.25, 0.3) is 0 Å². The molecule has 11 nitrogen and oxygen atoms in total. The molecule has 2 heterocycles. The van der Waals surface area contributed by atoms with E-state index in [9.17, 15) is 10.2 Å². The number of rotatable bonds is 28. The molecule has 0 saturated heterocycles. The first-order valence-electron chi connectivity index (χ1n) is 24.8. The largest absolute Gasteiger partial charge is 0.490 e. The molecule has 1 fully saturated rings. The van der Waals surface area contributed by atoms with E-state index < -0.39 is 23.3 Å². The number of unbranched alkanes of at least 4 members (excludes halogenated alkanes) is 10. The molecule has 11 heteroatoms. The Kier molecular flexibility index (Phi) is 18.8. The van der Waals surface area contributed by atoms with Crippen LogP contribution < -0.4 is 18.9 Å². The molecule has 0 radical (unpaired) electrons. The standard InChI is InChI=1S/C54H78N2O9/c1-7-10-11-12-13-14-15-16-17-24-50(59)56(37-39-25-27-47-48(33-39)62-38-61-47)49-36-45(55-65-53(4,5)6)43-34-40(22-18-20-29-57)42(23-19-21-30-58)51-44-35-41(60-31-8-2)26-28-46(44)64-54(49,52(43)51)63-32-9-3/h8-9,25-28,33-35,40,42,49,51-52,57-58H,2-3,7,10-24,29-32,36-38H2,1,4-6H3/t40-,42+,49-,51+,52+,54+/m0/s1. The van der Waals surface area contributed by atoms with Crippen molar-refractivity contribution < 1.29 is 43.5 Å². The van der Waals surface area contributed by atoms with Gasteiger partial charge in [-0.3, -0.25) is 4.79 Å². The van der Waals surface area contributed by atoms with Crippen molar-refractivity contribution in [2.75, 3.05) is 33.2 Å². The molecule has 2 aliphatic heterocycles. The second kappa shape index (κ2) is 24.4. The maximum atomic E-state index is 15.3. The molecule has 6 rings (SSSR count). The van der Waals surface area contributed by atoms with E-state index in [4.69, 9.17) is 33.7 Å². The first-order chi connectivity index (χ1) is 31.6. The number of carbonyl (C=O) groups excluding carboxylic acids is 1. The SMILES string of the molecule is C=CCOc1ccc2c(c1)[C@H]1[C@H](CCCCO)[C@@H](CCCCO)C=C3C(=NOC(C)(C)C)C[C@H](N(Cc4ccc5c(c4)OCO5)C(=O)CCCCCCCCCCC)[C@@](OCC=C)(O2)[C@H]31. The van der Waals surface area contributed by atoms with Crippen LogP contribution in [0.5, 0.6) is 23.0 Å². The van der Waals surface area contributed by atoms with Crippen molar-refractivity contribution in [3.05, 3.63) is 84.5 Å². The molecule has 65 heavy (non-hydrogen) atoms. The van der Waals surface area contributed by atoms with Crippen LogP contribution in [0.2, 0.25) is 0 Å². The summed E-state index contributed by atoms with van der Waals surface area (Å²) in [4.78, 5) is 23.6. The van der Waals surface area contributed by atoms with Crippen molar-refractivity contribution >= 4 is 11.6 Å². The van der Waals surface area contributed by atoms with Crippen LogP contribution in [0.4, 0.5) is 0 Å². The molecule has 0 spiro atoms. The molecule has 2 aromatic carbocycles. The highest BCUT2D eigenvalue weighted by molar-refractivity contribution is 6.03. The van der Waals surface area contributed by atoms with E-state index in [0.717, 1.165) is 67.4 Å². The van der Waals surface area contributed by atoms with E-state index in [-0.39, 0.29) is 56.8 Å². The van der Waals surface area contributed by atoms with E-state index >= 15 is 4.79 Å². The van der Waals surface area contributed by atoms with Gasteiger partial charge in [-0.05, 0) is 106 Å². The number of oxime groups is 1. The van der Waals surface area contributed by atoms with Gasteiger partial charge in [0, 0.05) is 44.1 Å². The number of hydrogen-bond acceptors (Lipinski definition) is 10. The van der Waals surface area contributed by atoms with Gasteiger partial charge in [-0.2, -0.15) is 0 Å². The van der Waals surface area contributed by atoms with E-state index in [0.29, 0.717) is 55.3 Å². The summed E-state index contributed by atoms with van der Waals surface area (Å²) in [6.07, 6.45) is 21.7. The van der Waals surface area contributed by atoms with Crippen molar-refractivity contribution in [3.8, 4) is 23.0 Å². The molecule has 2 aliphatic carbocycles. The monoisotopic (exact) mass is 899 g/mol. The van der Waals surface area contributed by atoms with Crippen molar-refractivity contribution in [3.63, 3.8) is 0 Å². The minimum absolute atomic E-state index is 0.0250. The summed E-state index contributed by atoms with van der Waals surface area (Å²) in [5.41, 5.74) is 3.12. The molecule has 2 N–H and O–H groups in total. The zero-order valence-corrected chi connectivity index (χ0v) is 39.9. The Bertz CT molecular complexity index is 1920. The van der Waals surface area contributed by atoms with Crippen molar-refractivity contribution in [2.45, 2.75) is 167 Å². The number of amides is 1. The van der Waals surface area contributed by atoms with Crippen LogP contribution in [0.15, 0.2) is 78.5 Å². The van der Waals surface area contributed by atoms with Crippen LogP contribution >= 0.6 is 0 Å². The van der Waals surface area contributed by atoms with Crippen LogP contribution in [0.1, 0.15) is 154 Å². The fourth-order valence-corrected chi connectivity index (χ4v) is 10.4. The zero-order chi connectivity index (χ0) is 46.2. The van der Waals surface area contributed by atoms with Crippen LogP contribution in [0, 0.1) is 17.8 Å². The van der Waals surface area contributed by atoms with E-state index in [2.05, 4.69) is 32.2 Å². The highest BCUT2D eigenvalue weighted by Gasteiger charge is 2.65. The second-order valence-electron chi connectivity index (χ2n) is 19.4. The number of allylic oxidation sites excluding steroid dienone is 1. The normalized spacial score (nSPS) is 23.5. The smallest absolute Gasteiger partial charge is 0.239 e. The van der Waals surface area contributed by atoms with Gasteiger partial charge in [0.05, 0.1) is 18.2 Å². The Balaban J connectivity index is 1.51. The molecular weight excluding hydrogens is 821 g/mol. The lowest BCUT2D eigenvalue weighted by Gasteiger charge is -2.60. The molecule has 0 bridgehead atoms. The van der Waals surface area contributed by atoms with Gasteiger partial charge in [0.25, 0.3) is 0 Å². The number of benzene rings is 2. The predicted octanol–water partition coefficient (Wildman–Crippen LogP) is 11.4. The number of fused-ring (bicyclic) bond motifs is 3. The predicted molar refractivity (Wildman–Crippen MR) is 256 cm³/mol. The number of nitrogens with zero attached hydrogens (tertiary/aromatic N) is 2. The van der Waals surface area contributed by atoms with E-state index in [1.165, 1.54) is 38.5 Å². The summed E-state index contributed by atoms with van der Waals surface area (Å²) >= 11 is 0. The Morgan fingerprint density at radius 1 is 0.862 bits per heavy atom. The van der Waals surface area contributed by atoms with Gasteiger partial charge >= 0.3 is 0 Å². The Morgan fingerprint density at radius 3 is 2.26 bits per heavy atom. The third-order valence-electron chi connectivity index (χ3n) is 13.4. The van der Waals surface area contributed by atoms with Gasteiger partial charge in [0.1, 0.15) is 29.7 Å². The first kappa shape index (κ1) is 50.1. The number of ether oxygens (including phenoxy) is 5. The zero-order valence-electron chi connectivity index (χ0n) is 39.9. The number of hydrogen-bond donors (Lipinski definition) is 2. The second-order valence-corrected chi connectivity index (χ2v) is 19.4. The molecular formula is C54H78N2O9. The van der Waals surface area contributed by atoms with E-state index in [1.54, 1.807) is 12.2 Å². The Labute approximate surface area is 389 Å². The van der Waals surface area contributed by atoms with Gasteiger partial charge in [0.2, 0.25) is 18.5 Å². The third-order valence-corrected chi connectivity index (χ3v) is 13.4. The molecule has 4 aliphatic rings. The summed E-state index contributed by atoms with van der Waals surface area (Å²) in [6, 6.07) is 11.3. The molecule has 6 atom stereocenters. The van der Waals surface area contributed by atoms with Crippen LogP contribution in [-0.4, -0.2) is 77.4 Å². The highest BCUT2D eigenvalue weighted by Crippen LogP contribution is 2.62. The minimum Gasteiger partial charge on any atom is -0.490 e. The van der Waals surface area contributed by atoms with Gasteiger partial charge in [-0.25, -0.2) is 0 Å². The van der Waals surface area contributed by atoms with Gasteiger partial charge in [0.15, 0.2) is 11.5 Å². The number of carbonyl (C=O) groups is 1. The lowest BCUT2D eigenvalue weighted by atomic mass is 9.55. The minimum atomic E-state index is -1.36. The molecule has 0 aromatic heterocycles. The third kappa shape index (κ3) is 12.8. The fraction of sp³-hybridized carbons (Fsp3) is 0.630. The maximum absolute atomic E-state index is 15.3. The lowest BCUT2D eigenvalue weighted by Crippen LogP contribution is -2.70. The quantitative estimate of drug-likeness (QED) is 0.0487. The average molecular weight is 899 g/mol. The van der Waals surface area contributed by atoms with Gasteiger partial charge in [-0.1, -0.05) is 107 Å². The molecule has 1 amide bonds. The maximum Gasteiger partial charge on any atom is 0.239 e. The molecule has 358 valence electrons. The Morgan fingerprint density at radius 2 is 1.55 bits per heavy atom. The lowest BCUT2D eigenvalue weighted by molar-refractivity contribution is -0.258. The summed E-state index contributed by atoms with van der Waals surface area (Å²) in [5.74, 6) is 1.05. The molecule has 0 unspecified atom stereocenters. The molecule has 2 aromatic rings. The summed E-state index contributed by atoms with van der Waals surface area (Å²) in [7, 11) is 0. The Hall–Kier alpha value is -4.32. The number of aliphatic hydroxyl groups excluding tert-OH is 2. The van der Waals surface area contributed by atoms with Crippen molar-refractivity contribution in [2.24, 2.45) is 22.9 Å². The number of aliphatic hydroxyl groups is 2. The van der Waals surface area contributed by atoms with Crippen molar-refractivity contribution in [1.82, 2.24) is 4.90 Å². The summed E-state index contributed by atoms with van der Waals surface area (Å²) < 4.78 is 32.4. The topological polar surface area (TPSA) is 129 Å². The first-order valence-corrected chi connectivity index (χ1v) is 24.8. The average Bonchev–Trinajstić information content (AvgIpc) is 3.77. The van der Waals surface area contributed by atoms with E-state index in [1.807, 2.05) is 56.0 Å². The fourth-order valence-electron chi connectivity index (χ4n) is 10.4. The molecule has 1 saturated carbocycles. The van der Waals surface area contributed by atoms with Crippen molar-refractivity contribution in [1.29, 1.82) is 0 Å². The highest BCUT2D eigenvalue weighted by atomic mass is 16.7. The van der Waals surface area contributed by atoms with Crippen LogP contribution in [-0.2, 0) is 20.9 Å². The van der Waals surface area contributed by atoms with Crippen LogP contribution in [0.3, 0.4) is 0 Å².